The molecule has 0 radical (unpaired) electrons. The first-order chi connectivity index (χ1) is 14.1. The van der Waals surface area contributed by atoms with Crippen molar-refractivity contribution in [3.8, 4) is 0 Å². The normalized spacial score (nSPS) is 19.3. The highest BCUT2D eigenvalue weighted by Crippen LogP contribution is 2.16. The highest BCUT2D eigenvalue weighted by Gasteiger charge is 2.30. The minimum Gasteiger partial charge on any atom is -0.368 e. The van der Waals surface area contributed by atoms with Crippen molar-refractivity contribution in [1.29, 1.82) is 0 Å². The quantitative estimate of drug-likeness (QED) is 0.339. The Kier molecular flexibility index (Phi) is 9.83. The van der Waals surface area contributed by atoms with E-state index in [4.69, 9.17) is 4.74 Å². The molecule has 8 nitrogen and oxygen atoms in total. The summed E-state index contributed by atoms with van der Waals surface area (Å²) in [7, 11) is 3.41. The predicted octanol–water partition coefficient (Wildman–Crippen LogP) is 1.11. The monoisotopic (exact) mass is 529 g/mol. The van der Waals surface area contributed by atoms with Gasteiger partial charge in [-0.1, -0.05) is 12.1 Å². The summed E-state index contributed by atoms with van der Waals surface area (Å²) in [6.45, 7) is 4.30. The number of piperazine rings is 1. The van der Waals surface area contributed by atoms with Gasteiger partial charge in [0.05, 0.1) is 0 Å². The maximum Gasteiger partial charge on any atom is 0.251 e. The fraction of sp³-hybridized carbons (Fsp3) is 0.571. The lowest BCUT2D eigenvalue weighted by molar-refractivity contribution is -0.142. The zero-order valence-electron chi connectivity index (χ0n) is 17.7. The maximum atomic E-state index is 12.5. The van der Waals surface area contributed by atoms with Crippen LogP contribution >= 0.6 is 24.0 Å². The summed E-state index contributed by atoms with van der Waals surface area (Å²) in [6.07, 6.45) is 2.36. The van der Waals surface area contributed by atoms with Crippen LogP contribution in [0.15, 0.2) is 29.3 Å². The van der Waals surface area contributed by atoms with Gasteiger partial charge >= 0.3 is 0 Å². The Hall–Kier alpha value is -1.88. The number of carbonyl (C=O) groups is 2. The first kappa shape index (κ1) is 24.4. The summed E-state index contributed by atoms with van der Waals surface area (Å²) in [4.78, 5) is 32.7. The van der Waals surface area contributed by atoms with Crippen molar-refractivity contribution in [2.24, 2.45) is 4.99 Å². The van der Waals surface area contributed by atoms with Gasteiger partial charge in [-0.2, -0.15) is 0 Å². The number of hydrogen-bond acceptors (Lipinski definition) is 4. The molecule has 0 aliphatic carbocycles. The van der Waals surface area contributed by atoms with Crippen molar-refractivity contribution in [3.63, 3.8) is 0 Å². The summed E-state index contributed by atoms with van der Waals surface area (Å²) in [5.41, 5.74) is 1.77. The van der Waals surface area contributed by atoms with E-state index in [0.29, 0.717) is 25.3 Å². The minimum absolute atomic E-state index is 0. The van der Waals surface area contributed by atoms with Gasteiger partial charge < -0.3 is 25.2 Å². The standard InChI is InChI=1S/C21H31N5O3.HI/c1-22-19(27)17-6-3-5-16(15-17)8-9-24-21(23-2)26-12-10-25(11-13-26)20(28)18-7-4-14-29-18;/h3,5-6,15,18H,4,7-14H2,1-2H3,(H,22,27)(H,23,24);1H. The molecule has 1 unspecified atom stereocenters. The zero-order chi connectivity index (χ0) is 20.6. The van der Waals surface area contributed by atoms with Crippen LogP contribution in [0.5, 0.6) is 0 Å². The lowest BCUT2D eigenvalue weighted by Gasteiger charge is -2.37. The molecular formula is C21H32IN5O3. The SMILES string of the molecule is CN=C(NCCc1cccc(C(=O)NC)c1)N1CCN(C(=O)C2CCCO2)CC1.I. The molecule has 30 heavy (non-hydrogen) atoms. The van der Waals surface area contributed by atoms with Crippen LogP contribution in [0.3, 0.4) is 0 Å². The molecule has 1 aromatic rings. The Bertz CT molecular complexity index is 744. The molecule has 2 heterocycles. The first-order valence-electron chi connectivity index (χ1n) is 10.3. The molecule has 1 atom stereocenters. The van der Waals surface area contributed by atoms with Crippen molar-refractivity contribution < 1.29 is 14.3 Å². The van der Waals surface area contributed by atoms with Crippen LogP contribution in [0.25, 0.3) is 0 Å². The molecule has 0 spiro atoms. The maximum absolute atomic E-state index is 12.5. The van der Waals surface area contributed by atoms with Crippen molar-refractivity contribution in [3.05, 3.63) is 35.4 Å². The Labute approximate surface area is 195 Å². The van der Waals surface area contributed by atoms with Crippen LogP contribution in [0.4, 0.5) is 0 Å². The first-order valence-corrected chi connectivity index (χ1v) is 10.3. The van der Waals surface area contributed by atoms with E-state index in [1.165, 1.54) is 0 Å². The molecule has 0 aromatic heterocycles. The third-order valence-electron chi connectivity index (χ3n) is 5.42. The predicted molar refractivity (Wildman–Crippen MR) is 127 cm³/mol. The van der Waals surface area contributed by atoms with E-state index in [0.717, 1.165) is 50.4 Å². The number of aliphatic imine (C=N–C) groups is 1. The fourth-order valence-electron chi connectivity index (χ4n) is 3.78. The Morgan fingerprint density at radius 3 is 2.57 bits per heavy atom. The third-order valence-corrected chi connectivity index (χ3v) is 5.42. The molecule has 0 bridgehead atoms. The molecule has 2 fully saturated rings. The van der Waals surface area contributed by atoms with Crippen LogP contribution in [-0.4, -0.2) is 87.1 Å². The van der Waals surface area contributed by atoms with E-state index in [1.807, 2.05) is 29.2 Å². The van der Waals surface area contributed by atoms with Gasteiger partial charge in [-0.05, 0) is 37.0 Å². The highest BCUT2D eigenvalue weighted by molar-refractivity contribution is 14.0. The van der Waals surface area contributed by atoms with Gasteiger partial charge in [0.2, 0.25) is 0 Å². The van der Waals surface area contributed by atoms with E-state index >= 15 is 0 Å². The van der Waals surface area contributed by atoms with Gasteiger partial charge in [0.1, 0.15) is 6.10 Å². The molecular weight excluding hydrogens is 497 g/mol. The number of amides is 2. The number of guanidine groups is 1. The van der Waals surface area contributed by atoms with E-state index in [2.05, 4.69) is 20.5 Å². The number of hydrogen-bond donors (Lipinski definition) is 2. The number of benzene rings is 1. The van der Waals surface area contributed by atoms with E-state index < -0.39 is 0 Å². The molecule has 2 N–H and O–H groups in total. The van der Waals surface area contributed by atoms with Crippen LogP contribution in [0.1, 0.15) is 28.8 Å². The summed E-state index contributed by atoms with van der Waals surface area (Å²) >= 11 is 0. The van der Waals surface area contributed by atoms with Crippen molar-refractivity contribution in [2.75, 3.05) is 53.4 Å². The molecule has 3 rings (SSSR count). The topological polar surface area (TPSA) is 86.3 Å². The molecule has 2 aliphatic heterocycles. The second-order valence-corrected chi connectivity index (χ2v) is 7.32. The molecule has 2 amide bonds. The average Bonchev–Trinajstić information content (AvgIpc) is 3.31. The molecule has 2 aliphatic rings. The van der Waals surface area contributed by atoms with E-state index in [-0.39, 0.29) is 41.9 Å². The number of halogens is 1. The number of nitrogens with one attached hydrogen (secondary N) is 2. The number of ether oxygens (including phenoxy) is 1. The average molecular weight is 529 g/mol. The molecule has 166 valence electrons. The van der Waals surface area contributed by atoms with Crippen molar-refractivity contribution >= 4 is 41.8 Å². The summed E-state index contributed by atoms with van der Waals surface area (Å²) in [5.74, 6) is 0.892. The van der Waals surface area contributed by atoms with Crippen LogP contribution in [0, 0.1) is 0 Å². The molecule has 1 aromatic carbocycles. The summed E-state index contributed by atoms with van der Waals surface area (Å²) in [6, 6.07) is 7.65. The van der Waals surface area contributed by atoms with Crippen LogP contribution in [-0.2, 0) is 16.0 Å². The number of carbonyl (C=O) groups excluding carboxylic acids is 2. The molecule has 2 saturated heterocycles. The number of nitrogens with zero attached hydrogens (tertiary/aromatic N) is 3. The zero-order valence-corrected chi connectivity index (χ0v) is 20.1. The molecule has 0 saturated carbocycles. The smallest absolute Gasteiger partial charge is 0.251 e. The Morgan fingerprint density at radius 2 is 1.93 bits per heavy atom. The van der Waals surface area contributed by atoms with E-state index in [9.17, 15) is 9.59 Å². The van der Waals surface area contributed by atoms with Crippen LogP contribution < -0.4 is 10.6 Å². The van der Waals surface area contributed by atoms with Gasteiger partial charge in [0.15, 0.2) is 5.96 Å². The lowest BCUT2D eigenvalue weighted by Crippen LogP contribution is -2.55. The Balaban J connectivity index is 0.00000320. The lowest BCUT2D eigenvalue weighted by atomic mass is 10.1. The third kappa shape index (κ3) is 6.31. The Morgan fingerprint density at radius 1 is 1.20 bits per heavy atom. The second-order valence-electron chi connectivity index (χ2n) is 7.32. The summed E-state index contributed by atoms with van der Waals surface area (Å²) < 4.78 is 5.52. The van der Waals surface area contributed by atoms with Gasteiger partial charge in [0.25, 0.3) is 11.8 Å². The second kappa shape index (κ2) is 12.1. The fourth-order valence-corrected chi connectivity index (χ4v) is 3.78. The molecule has 9 heteroatoms. The van der Waals surface area contributed by atoms with E-state index in [1.54, 1.807) is 14.1 Å². The minimum atomic E-state index is -0.246. The van der Waals surface area contributed by atoms with Gasteiger partial charge in [-0.15, -0.1) is 24.0 Å². The highest BCUT2D eigenvalue weighted by atomic mass is 127. The van der Waals surface area contributed by atoms with Crippen molar-refractivity contribution in [1.82, 2.24) is 20.4 Å². The largest absolute Gasteiger partial charge is 0.368 e. The number of rotatable bonds is 5. The van der Waals surface area contributed by atoms with Gasteiger partial charge in [-0.25, -0.2) is 0 Å². The summed E-state index contributed by atoms with van der Waals surface area (Å²) in [5, 5.41) is 6.04. The van der Waals surface area contributed by atoms with Gasteiger partial charge in [-0.3, -0.25) is 14.6 Å². The van der Waals surface area contributed by atoms with Crippen molar-refractivity contribution in [2.45, 2.75) is 25.4 Å². The van der Waals surface area contributed by atoms with Crippen LogP contribution in [0.2, 0.25) is 0 Å². The van der Waals surface area contributed by atoms with Gasteiger partial charge in [0, 0.05) is 59.0 Å².